The summed E-state index contributed by atoms with van der Waals surface area (Å²) in [7, 11) is 0. The number of hydrogen-bond acceptors (Lipinski definition) is 3. The van der Waals surface area contributed by atoms with Gasteiger partial charge in [-0.2, -0.15) is 0 Å². The Labute approximate surface area is 133 Å². The number of fused-ring (bicyclic) bond motifs is 1. The maximum Gasteiger partial charge on any atom is 0.260 e. The molecule has 0 bridgehead atoms. The standard InChI is InChI=1S/C15H17Cl2NO3/c16-12-3-2-10(5-13(12)17)21-8-15(20)18-6-9-1-4-14(19)11(9)7-18/h2-3,5,9,11,14,19H,1,4,6-8H2. The lowest BCUT2D eigenvalue weighted by Crippen LogP contribution is -2.34. The van der Waals surface area contributed by atoms with Crippen molar-refractivity contribution in [3.05, 3.63) is 28.2 Å². The largest absolute Gasteiger partial charge is 0.484 e. The van der Waals surface area contributed by atoms with E-state index in [1.165, 1.54) is 0 Å². The minimum absolute atomic E-state index is 0.0203. The number of carbonyl (C=O) groups is 1. The predicted molar refractivity (Wildman–Crippen MR) is 80.8 cm³/mol. The number of ether oxygens (including phenoxy) is 1. The molecule has 1 aromatic rings. The van der Waals surface area contributed by atoms with Crippen molar-refractivity contribution >= 4 is 29.1 Å². The van der Waals surface area contributed by atoms with Crippen LogP contribution in [0.5, 0.6) is 5.75 Å². The molecule has 1 aromatic carbocycles. The fourth-order valence-electron chi connectivity index (χ4n) is 3.24. The van der Waals surface area contributed by atoms with Crippen molar-refractivity contribution in [3.8, 4) is 5.75 Å². The second-order valence-electron chi connectivity index (χ2n) is 5.73. The molecular weight excluding hydrogens is 313 g/mol. The van der Waals surface area contributed by atoms with Crippen LogP contribution in [0.4, 0.5) is 0 Å². The Kier molecular flexibility index (Phi) is 4.29. The fraction of sp³-hybridized carbons (Fsp3) is 0.533. The molecule has 3 unspecified atom stereocenters. The molecule has 0 aromatic heterocycles. The number of halogens is 2. The molecule has 0 radical (unpaired) electrons. The van der Waals surface area contributed by atoms with E-state index in [2.05, 4.69) is 0 Å². The topological polar surface area (TPSA) is 49.8 Å². The number of aliphatic hydroxyl groups excluding tert-OH is 1. The van der Waals surface area contributed by atoms with Gasteiger partial charge in [0.1, 0.15) is 5.75 Å². The zero-order valence-corrected chi connectivity index (χ0v) is 13.0. The molecular formula is C15H17Cl2NO3. The van der Waals surface area contributed by atoms with Gasteiger partial charge in [0.15, 0.2) is 6.61 Å². The highest BCUT2D eigenvalue weighted by atomic mass is 35.5. The molecule has 114 valence electrons. The quantitative estimate of drug-likeness (QED) is 0.927. The van der Waals surface area contributed by atoms with Crippen LogP contribution in [0.2, 0.25) is 10.0 Å². The van der Waals surface area contributed by atoms with Gasteiger partial charge < -0.3 is 14.7 Å². The highest BCUT2D eigenvalue weighted by molar-refractivity contribution is 6.42. The smallest absolute Gasteiger partial charge is 0.260 e. The van der Waals surface area contributed by atoms with Crippen molar-refractivity contribution in [3.63, 3.8) is 0 Å². The summed E-state index contributed by atoms with van der Waals surface area (Å²) in [6, 6.07) is 4.92. The normalized spacial score (nSPS) is 27.8. The summed E-state index contributed by atoms with van der Waals surface area (Å²) in [4.78, 5) is 14.0. The van der Waals surface area contributed by atoms with Crippen LogP contribution in [0, 0.1) is 11.8 Å². The van der Waals surface area contributed by atoms with E-state index in [0.717, 1.165) is 19.4 Å². The van der Waals surface area contributed by atoms with Gasteiger partial charge in [0.05, 0.1) is 16.1 Å². The van der Waals surface area contributed by atoms with Crippen molar-refractivity contribution in [1.82, 2.24) is 4.90 Å². The van der Waals surface area contributed by atoms with Gasteiger partial charge in [-0.25, -0.2) is 0 Å². The molecule has 1 amide bonds. The highest BCUT2D eigenvalue weighted by Crippen LogP contribution is 2.38. The second-order valence-corrected chi connectivity index (χ2v) is 6.55. The molecule has 2 aliphatic rings. The molecule has 1 saturated heterocycles. The highest BCUT2D eigenvalue weighted by Gasteiger charge is 2.43. The van der Waals surface area contributed by atoms with Crippen LogP contribution in [0.3, 0.4) is 0 Å². The Bertz CT molecular complexity index is 552. The Morgan fingerprint density at radius 2 is 2.10 bits per heavy atom. The van der Waals surface area contributed by atoms with Gasteiger partial charge in [-0.1, -0.05) is 23.2 Å². The molecule has 6 heteroatoms. The van der Waals surface area contributed by atoms with Gasteiger partial charge in [0.25, 0.3) is 5.91 Å². The van der Waals surface area contributed by atoms with E-state index in [1.54, 1.807) is 23.1 Å². The van der Waals surface area contributed by atoms with Gasteiger partial charge in [-0.05, 0) is 30.9 Å². The van der Waals surface area contributed by atoms with E-state index < -0.39 is 0 Å². The minimum atomic E-state index is -0.260. The Morgan fingerprint density at radius 1 is 1.29 bits per heavy atom. The van der Waals surface area contributed by atoms with Crippen LogP contribution < -0.4 is 4.74 Å². The summed E-state index contributed by atoms with van der Waals surface area (Å²) in [6.45, 7) is 1.34. The summed E-state index contributed by atoms with van der Waals surface area (Å²) in [5.74, 6) is 1.15. The van der Waals surface area contributed by atoms with E-state index in [9.17, 15) is 9.90 Å². The fourth-order valence-corrected chi connectivity index (χ4v) is 3.53. The lowest BCUT2D eigenvalue weighted by atomic mass is 10.00. The lowest BCUT2D eigenvalue weighted by Gasteiger charge is -2.18. The molecule has 1 N–H and O–H groups in total. The molecule has 3 rings (SSSR count). The van der Waals surface area contributed by atoms with Crippen LogP contribution in [0.1, 0.15) is 12.8 Å². The SMILES string of the molecule is O=C(COc1ccc(Cl)c(Cl)c1)N1CC2CCC(O)C2C1. The van der Waals surface area contributed by atoms with E-state index in [1.807, 2.05) is 0 Å². The molecule has 1 saturated carbocycles. The number of benzene rings is 1. The Hall–Kier alpha value is -0.970. The van der Waals surface area contributed by atoms with Crippen molar-refractivity contribution in [2.24, 2.45) is 11.8 Å². The number of carbonyl (C=O) groups excluding carboxylic acids is 1. The van der Waals surface area contributed by atoms with Crippen LogP contribution in [-0.2, 0) is 4.79 Å². The van der Waals surface area contributed by atoms with Crippen molar-refractivity contribution in [2.45, 2.75) is 18.9 Å². The number of amides is 1. The summed E-state index contributed by atoms with van der Waals surface area (Å²) in [5, 5.41) is 10.7. The second kappa shape index (κ2) is 6.03. The average molecular weight is 330 g/mol. The third-order valence-corrected chi connectivity index (χ3v) is 5.16. The van der Waals surface area contributed by atoms with Crippen molar-refractivity contribution in [2.75, 3.05) is 19.7 Å². The van der Waals surface area contributed by atoms with Crippen LogP contribution in [0.15, 0.2) is 18.2 Å². The molecule has 0 spiro atoms. The van der Waals surface area contributed by atoms with E-state index in [4.69, 9.17) is 27.9 Å². The van der Waals surface area contributed by atoms with E-state index in [0.29, 0.717) is 28.3 Å². The lowest BCUT2D eigenvalue weighted by molar-refractivity contribution is -0.132. The van der Waals surface area contributed by atoms with E-state index in [-0.39, 0.29) is 24.5 Å². The van der Waals surface area contributed by atoms with Gasteiger partial charge >= 0.3 is 0 Å². The third kappa shape index (κ3) is 3.12. The summed E-state index contributed by atoms with van der Waals surface area (Å²) >= 11 is 11.7. The molecule has 1 aliphatic carbocycles. The average Bonchev–Trinajstić information content (AvgIpc) is 3.02. The summed E-state index contributed by atoms with van der Waals surface area (Å²) in [6.07, 6.45) is 1.60. The van der Waals surface area contributed by atoms with Crippen LogP contribution >= 0.6 is 23.2 Å². The first kappa shape index (κ1) is 14.9. The molecule has 3 atom stereocenters. The van der Waals surface area contributed by atoms with Crippen molar-refractivity contribution in [1.29, 1.82) is 0 Å². The molecule has 2 fully saturated rings. The van der Waals surface area contributed by atoms with E-state index >= 15 is 0 Å². The zero-order valence-electron chi connectivity index (χ0n) is 11.5. The van der Waals surface area contributed by atoms with Crippen LogP contribution in [0.25, 0.3) is 0 Å². The molecule has 4 nitrogen and oxygen atoms in total. The Balaban J connectivity index is 1.54. The first-order chi connectivity index (χ1) is 10.0. The Morgan fingerprint density at radius 3 is 2.81 bits per heavy atom. The van der Waals surface area contributed by atoms with Gasteiger partial charge in [0, 0.05) is 25.1 Å². The number of rotatable bonds is 3. The first-order valence-corrected chi connectivity index (χ1v) is 7.84. The number of nitrogens with zero attached hydrogens (tertiary/aromatic N) is 1. The first-order valence-electron chi connectivity index (χ1n) is 7.08. The monoisotopic (exact) mass is 329 g/mol. The predicted octanol–water partition coefficient (Wildman–Crippen LogP) is 2.60. The molecule has 1 heterocycles. The maximum atomic E-state index is 12.2. The molecule has 21 heavy (non-hydrogen) atoms. The molecule has 1 aliphatic heterocycles. The minimum Gasteiger partial charge on any atom is -0.484 e. The van der Waals surface area contributed by atoms with Crippen molar-refractivity contribution < 1.29 is 14.6 Å². The number of aliphatic hydroxyl groups is 1. The summed E-state index contributed by atoms with van der Waals surface area (Å²) in [5.41, 5.74) is 0. The van der Waals surface area contributed by atoms with Crippen LogP contribution in [-0.4, -0.2) is 41.7 Å². The summed E-state index contributed by atoms with van der Waals surface area (Å²) < 4.78 is 5.47. The number of hydrogen-bond donors (Lipinski definition) is 1. The van der Waals surface area contributed by atoms with Gasteiger partial charge in [-0.15, -0.1) is 0 Å². The van der Waals surface area contributed by atoms with Gasteiger partial charge in [0.2, 0.25) is 0 Å². The van der Waals surface area contributed by atoms with Gasteiger partial charge in [-0.3, -0.25) is 4.79 Å². The third-order valence-electron chi connectivity index (χ3n) is 4.43. The maximum absolute atomic E-state index is 12.2. The number of likely N-dealkylation sites (tertiary alicyclic amines) is 1. The zero-order chi connectivity index (χ0) is 15.0.